The summed E-state index contributed by atoms with van der Waals surface area (Å²) >= 11 is 0. The topological polar surface area (TPSA) is 53.1 Å². The summed E-state index contributed by atoms with van der Waals surface area (Å²) < 4.78 is 6.01. The Morgan fingerprint density at radius 2 is 1.95 bits per heavy atom. The molecule has 1 spiro atoms. The number of morpholine rings is 1. The second-order valence-corrected chi connectivity index (χ2v) is 7.18. The standard InChI is InChI=1S/C16H27N3O3/c1-12-16(6-8-18(9-7-16)15(21)17(2)3)22-11-14(20)19(12)10-13-4-5-13/h12-13H,4-11H2,1-3H3/t12-/m0/s1. The Hall–Kier alpha value is -1.30. The molecular weight excluding hydrogens is 282 g/mol. The highest BCUT2D eigenvalue weighted by molar-refractivity contribution is 5.79. The van der Waals surface area contributed by atoms with Gasteiger partial charge in [-0.05, 0) is 38.5 Å². The Morgan fingerprint density at radius 1 is 1.32 bits per heavy atom. The van der Waals surface area contributed by atoms with Crippen LogP contribution < -0.4 is 0 Å². The van der Waals surface area contributed by atoms with Gasteiger partial charge < -0.3 is 19.4 Å². The molecule has 2 aliphatic heterocycles. The van der Waals surface area contributed by atoms with E-state index >= 15 is 0 Å². The normalized spacial score (nSPS) is 28.1. The van der Waals surface area contributed by atoms with Crippen molar-refractivity contribution < 1.29 is 14.3 Å². The number of urea groups is 1. The average Bonchev–Trinajstić information content (AvgIpc) is 3.32. The fourth-order valence-electron chi connectivity index (χ4n) is 3.67. The molecule has 0 N–H and O–H groups in total. The first kappa shape index (κ1) is 15.6. The Balaban J connectivity index is 1.66. The van der Waals surface area contributed by atoms with Gasteiger partial charge in [0.1, 0.15) is 6.61 Å². The predicted octanol–water partition coefficient (Wildman–Crippen LogP) is 1.16. The van der Waals surface area contributed by atoms with E-state index in [0.29, 0.717) is 19.0 Å². The van der Waals surface area contributed by atoms with Crippen molar-refractivity contribution in [2.24, 2.45) is 5.92 Å². The molecule has 6 heteroatoms. The van der Waals surface area contributed by atoms with Crippen LogP contribution in [0.4, 0.5) is 4.79 Å². The van der Waals surface area contributed by atoms with Crippen LogP contribution in [0.3, 0.4) is 0 Å². The first-order chi connectivity index (χ1) is 10.4. The summed E-state index contributed by atoms with van der Waals surface area (Å²) in [4.78, 5) is 29.8. The Kier molecular flexibility index (Phi) is 4.05. The van der Waals surface area contributed by atoms with E-state index < -0.39 is 0 Å². The van der Waals surface area contributed by atoms with Crippen molar-refractivity contribution in [3.8, 4) is 0 Å². The van der Waals surface area contributed by atoms with Gasteiger partial charge in [0.05, 0.1) is 11.6 Å². The van der Waals surface area contributed by atoms with Gasteiger partial charge in [-0.15, -0.1) is 0 Å². The van der Waals surface area contributed by atoms with E-state index in [0.717, 1.165) is 19.4 Å². The molecule has 0 bridgehead atoms. The molecule has 1 aliphatic carbocycles. The first-order valence-corrected chi connectivity index (χ1v) is 8.32. The van der Waals surface area contributed by atoms with Gasteiger partial charge in [-0.1, -0.05) is 0 Å². The van der Waals surface area contributed by atoms with Crippen LogP contribution in [0.2, 0.25) is 0 Å². The summed E-state index contributed by atoms with van der Waals surface area (Å²) in [6.07, 6.45) is 4.11. The fraction of sp³-hybridized carbons (Fsp3) is 0.875. The molecule has 2 heterocycles. The Labute approximate surface area is 132 Å². The number of likely N-dealkylation sites (tertiary alicyclic amines) is 1. The third kappa shape index (κ3) is 2.81. The highest BCUT2D eigenvalue weighted by Crippen LogP contribution is 2.38. The third-order valence-electron chi connectivity index (χ3n) is 5.45. The maximum absolute atomic E-state index is 12.2. The number of ether oxygens (including phenoxy) is 1. The summed E-state index contributed by atoms with van der Waals surface area (Å²) in [5.41, 5.74) is -0.272. The van der Waals surface area contributed by atoms with Crippen LogP contribution in [0.25, 0.3) is 0 Å². The van der Waals surface area contributed by atoms with E-state index in [4.69, 9.17) is 4.74 Å². The predicted molar refractivity (Wildman–Crippen MR) is 82.5 cm³/mol. The maximum atomic E-state index is 12.2. The molecule has 2 saturated heterocycles. The van der Waals surface area contributed by atoms with Crippen LogP contribution in [-0.4, -0.2) is 78.6 Å². The van der Waals surface area contributed by atoms with Gasteiger partial charge in [0, 0.05) is 33.7 Å². The first-order valence-electron chi connectivity index (χ1n) is 8.32. The second-order valence-electron chi connectivity index (χ2n) is 7.18. The largest absolute Gasteiger partial charge is 0.363 e. The van der Waals surface area contributed by atoms with Gasteiger partial charge in [0.15, 0.2) is 0 Å². The van der Waals surface area contributed by atoms with Crippen LogP contribution in [0.5, 0.6) is 0 Å². The smallest absolute Gasteiger partial charge is 0.319 e. The van der Waals surface area contributed by atoms with E-state index in [2.05, 4.69) is 6.92 Å². The number of carbonyl (C=O) groups excluding carboxylic acids is 2. The molecule has 3 rings (SSSR count). The molecule has 0 radical (unpaired) electrons. The van der Waals surface area contributed by atoms with E-state index in [1.165, 1.54) is 12.8 Å². The molecule has 3 fully saturated rings. The summed E-state index contributed by atoms with van der Waals surface area (Å²) in [5, 5.41) is 0. The van der Waals surface area contributed by atoms with Crippen molar-refractivity contribution in [2.45, 2.75) is 44.2 Å². The molecule has 1 saturated carbocycles. The molecule has 3 aliphatic rings. The number of amides is 3. The molecule has 0 aromatic heterocycles. The lowest BCUT2D eigenvalue weighted by atomic mass is 9.82. The lowest BCUT2D eigenvalue weighted by Gasteiger charge is -2.51. The highest BCUT2D eigenvalue weighted by Gasteiger charge is 2.49. The minimum Gasteiger partial charge on any atom is -0.363 e. The lowest BCUT2D eigenvalue weighted by molar-refractivity contribution is -0.185. The van der Waals surface area contributed by atoms with E-state index in [-0.39, 0.29) is 30.2 Å². The van der Waals surface area contributed by atoms with Crippen LogP contribution in [-0.2, 0) is 9.53 Å². The van der Waals surface area contributed by atoms with E-state index in [1.807, 2.05) is 9.80 Å². The quantitative estimate of drug-likeness (QED) is 0.769. The lowest BCUT2D eigenvalue weighted by Crippen LogP contribution is -2.64. The van der Waals surface area contributed by atoms with Crippen molar-refractivity contribution in [3.05, 3.63) is 0 Å². The molecular formula is C16H27N3O3. The number of hydrogen-bond donors (Lipinski definition) is 0. The number of piperidine rings is 1. The molecule has 6 nitrogen and oxygen atoms in total. The number of hydrogen-bond acceptors (Lipinski definition) is 3. The number of nitrogens with zero attached hydrogens (tertiary/aromatic N) is 3. The monoisotopic (exact) mass is 309 g/mol. The van der Waals surface area contributed by atoms with Crippen LogP contribution in [0, 0.1) is 5.92 Å². The zero-order valence-corrected chi connectivity index (χ0v) is 13.9. The van der Waals surface area contributed by atoms with Crippen LogP contribution in [0.1, 0.15) is 32.6 Å². The zero-order valence-electron chi connectivity index (χ0n) is 13.9. The second kappa shape index (κ2) is 5.72. The molecule has 0 aromatic carbocycles. The number of rotatable bonds is 2. The fourth-order valence-corrected chi connectivity index (χ4v) is 3.67. The van der Waals surface area contributed by atoms with Crippen LogP contribution in [0.15, 0.2) is 0 Å². The SMILES string of the molecule is C[C@@H]1N(CC2CC2)C(=O)COC12CCN(C(=O)N(C)C)CC2. The molecule has 0 aromatic rings. The van der Waals surface area contributed by atoms with Crippen molar-refractivity contribution >= 4 is 11.9 Å². The molecule has 3 amide bonds. The molecule has 0 unspecified atom stereocenters. The summed E-state index contributed by atoms with van der Waals surface area (Å²) in [5.74, 6) is 0.814. The van der Waals surface area contributed by atoms with Gasteiger partial charge >= 0.3 is 6.03 Å². The molecule has 1 atom stereocenters. The van der Waals surface area contributed by atoms with Crippen LogP contribution >= 0.6 is 0 Å². The summed E-state index contributed by atoms with van der Waals surface area (Å²) in [7, 11) is 3.56. The van der Waals surface area contributed by atoms with Gasteiger partial charge in [0.25, 0.3) is 0 Å². The van der Waals surface area contributed by atoms with E-state index in [9.17, 15) is 9.59 Å². The Bertz CT molecular complexity index is 454. The highest BCUT2D eigenvalue weighted by atomic mass is 16.5. The molecule has 124 valence electrons. The van der Waals surface area contributed by atoms with Gasteiger partial charge in [-0.3, -0.25) is 4.79 Å². The number of carbonyl (C=O) groups is 2. The van der Waals surface area contributed by atoms with Crippen molar-refractivity contribution in [1.82, 2.24) is 14.7 Å². The maximum Gasteiger partial charge on any atom is 0.319 e. The summed E-state index contributed by atoms with van der Waals surface area (Å²) in [6, 6.07) is 0.162. The van der Waals surface area contributed by atoms with Gasteiger partial charge in [-0.2, -0.15) is 0 Å². The van der Waals surface area contributed by atoms with Crippen molar-refractivity contribution in [2.75, 3.05) is 40.3 Å². The minimum atomic E-state index is -0.272. The van der Waals surface area contributed by atoms with Crippen molar-refractivity contribution in [1.29, 1.82) is 0 Å². The molecule has 22 heavy (non-hydrogen) atoms. The van der Waals surface area contributed by atoms with Crippen molar-refractivity contribution in [3.63, 3.8) is 0 Å². The minimum absolute atomic E-state index is 0.0595. The van der Waals surface area contributed by atoms with E-state index in [1.54, 1.807) is 19.0 Å². The third-order valence-corrected chi connectivity index (χ3v) is 5.45. The Morgan fingerprint density at radius 3 is 2.50 bits per heavy atom. The zero-order chi connectivity index (χ0) is 15.9. The van der Waals surface area contributed by atoms with Gasteiger partial charge in [-0.25, -0.2) is 4.79 Å². The van der Waals surface area contributed by atoms with Gasteiger partial charge in [0.2, 0.25) is 5.91 Å². The average molecular weight is 309 g/mol. The summed E-state index contributed by atoms with van der Waals surface area (Å²) in [6.45, 7) is 4.59.